The topological polar surface area (TPSA) is 71.5 Å². The fourth-order valence-electron chi connectivity index (χ4n) is 1.37. The van der Waals surface area contributed by atoms with Crippen LogP contribution in [0.1, 0.15) is 5.56 Å². The summed E-state index contributed by atoms with van der Waals surface area (Å²) in [5.74, 6) is 0.0881. The number of nitrogens with zero attached hydrogens (tertiary/aromatic N) is 2. The van der Waals surface area contributed by atoms with Gasteiger partial charge in [0.25, 0.3) is 0 Å². The zero-order chi connectivity index (χ0) is 13.0. The van der Waals surface area contributed by atoms with Crippen LogP contribution in [0.2, 0.25) is 0 Å². The van der Waals surface area contributed by atoms with Gasteiger partial charge in [-0.05, 0) is 34.1 Å². The zero-order valence-corrected chi connectivity index (χ0v) is 11.6. The van der Waals surface area contributed by atoms with Crippen LogP contribution >= 0.6 is 27.7 Å². The Kier molecular flexibility index (Phi) is 4.22. The van der Waals surface area contributed by atoms with Gasteiger partial charge in [0.1, 0.15) is 5.03 Å². The van der Waals surface area contributed by atoms with Gasteiger partial charge in [0.2, 0.25) is 0 Å². The molecule has 0 aliphatic heterocycles. The lowest BCUT2D eigenvalue weighted by molar-refractivity contribution is 0.318. The highest BCUT2D eigenvalue weighted by Crippen LogP contribution is 2.33. The van der Waals surface area contributed by atoms with E-state index < -0.39 is 0 Å². The number of halogens is 1. The Bertz CT molecular complexity index is 589. The van der Waals surface area contributed by atoms with Crippen molar-refractivity contribution < 1.29 is 5.21 Å². The Morgan fingerprint density at radius 2 is 2.06 bits per heavy atom. The normalized spacial score (nSPS) is 11.5. The van der Waals surface area contributed by atoms with Gasteiger partial charge in [-0.15, -0.1) is 0 Å². The van der Waals surface area contributed by atoms with E-state index in [1.54, 1.807) is 12.3 Å². The highest BCUT2D eigenvalue weighted by atomic mass is 79.9. The molecule has 0 aliphatic carbocycles. The summed E-state index contributed by atoms with van der Waals surface area (Å²) in [4.78, 5) is 5.15. The first kappa shape index (κ1) is 12.9. The number of benzene rings is 1. The summed E-state index contributed by atoms with van der Waals surface area (Å²) >= 11 is 4.89. The number of hydrogen-bond donors (Lipinski definition) is 2. The molecule has 2 aromatic rings. The summed E-state index contributed by atoms with van der Waals surface area (Å²) < 4.78 is 0.907. The Hall–Kier alpha value is -1.53. The first-order valence-corrected chi connectivity index (χ1v) is 6.68. The van der Waals surface area contributed by atoms with Gasteiger partial charge in [-0.2, -0.15) is 0 Å². The van der Waals surface area contributed by atoms with Crippen molar-refractivity contribution in [3.63, 3.8) is 0 Å². The fraction of sp³-hybridized carbons (Fsp3) is 0. The molecule has 3 N–H and O–H groups in total. The second-order valence-electron chi connectivity index (χ2n) is 3.37. The first-order valence-electron chi connectivity index (χ1n) is 5.07. The van der Waals surface area contributed by atoms with Gasteiger partial charge in [0.15, 0.2) is 5.84 Å². The van der Waals surface area contributed by atoms with Crippen molar-refractivity contribution in [3.8, 4) is 0 Å². The molecule has 0 unspecified atom stereocenters. The van der Waals surface area contributed by atoms with Crippen LogP contribution in [-0.4, -0.2) is 16.0 Å². The molecule has 1 aromatic carbocycles. The van der Waals surface area contributed by atoms with E-state index in [-0.39, 0.29) is 5.84 Å². The van der Waals surface area contributed by atoms with Gasteiger partial charge in [0.05, 0.1) is 4.47 Å². The van der Waals surface area contributed by atoms with Crippen molar-refractivity contribution in [2.45, 2.75) is 9.92 Å². The third-order valence-electron chi connectivity index (χ3n) is 2.20. The van der Waals surface area contributed by atoms with Crippen molar-refractivity contribution >= 4 is 33.5 Å². The molecule has 0 amide bonds. The maximum atomic E-state index is 8.76. The van der Waals surface area contributed by atoms with Gasteiger partial charge in [0, 0.05) is 16.7 Å². The van der Waals surface area contributed by atoms with Crippen LogP contribution in [0.25, 0.3) is 0 Å². The monoisotopic (exact) mass is 323 g/mol. The number of rotatable bonds is 3. The van der Waals surface area contributed by atoms with E-state index >= 15 is 0 Å². The van der Waals surface area contributed by atoms with Gasteiger partial charge in [-0.1, -0.05) is 35.1 Å². The molecule has 18 heavy (non-hydrogen) atoms. The largest absolute Gasteiger partial charge is 0.409 e. The lowest BCUT2D eigenvalue weighted by Gasteiger charge is -2.07. The minimum Gasteiger partial charge on any atom is -0.409 e. The summed E-state index contributed by atoms with van der Waals surface area (Å²) in [5.41, 5.74) is 6.32. The fourth-order valence-corrected chi connectivity index (χ4v) is 2.79. The lowest BCUT2D eigenvalue weighted by atomic mass is 10.2. The maximum absolute atomic E-state index is 8.76. The molecular weight excluding hydrogens is 314 g/mol. The molecule has 4 nitrogen and oxygen atoms in total. The number of pyridine rings is 1. The molecule has 0 bridgehead atoms. The van der Waals surface area contributed by atoms with Gasteiger partial charge in [-0.3, -0.25) is 0 Å². The van der Waals surface area contributed by atoms with Crippen molar-refractivity contribution in [2.75, 3.05) is 0 Å². The minimum absolute atomic E-state index is 0.0881. The van der Waals surface area contributed by atoms with E-state index in [1.165, 1.54) is 11.8 Å². The van der Waals surface area contributed by atoms with Crippen LogP contribution in [0.5, 0.6) is 0 Å². The van der Waals surface area contributed by atoms with Crippen molar-refractivity contribution in [3.05, 3.63) is 52.6 Å². The molecular formula is C12H10BrN3OS. The molecule has 0 saturated heterocycles. The molecule has 1 aromatic heterocycles. The Labute approximate surface area is 117 Å². The molecule has 92 valence electrons. The zero-order valence-electron chi connectivity index (χ0n) is 9.25. The number of amidine groups is 1. The van der Waals surface area contributed by atoms with E-state index in [4.69, 9.17) is 10.9 Å². The van der Waals surface area contributed by atoms with E-state index in [0.29, 0.717) is 5.56 Å². The van der Waals surface area contributed by atoms with Crippen molar-refractivity contribution in [1.82, 2.24) is 4.98 Å². The third kappa shape index (κ3) is 2.83. The molecule has 0 atom stereocenters. The second-order valence-corrected chi connectivity index (χ2v) is 5.26. The van der Waals surface area contributed by atoms with Crippen LogP contribution < -0.4 is 5.73 Å². The summed E-state index contributed by atoms with van der Waals surface area (Å²) in [5, 5.41) is 12.6. The number of oxime groups is 1. The minimum atomic E-state index is 0.0881. The second kappa shape index (κ2) is 5.88. The van der Waals surface area contributed by atoms with E-state index in [0.717, 1.165) is 14.4 Å². The van der Waals surface area contributed by atoms with E-state index in [2.05, 4.69) is 26.1 Å². The predicted octanol–water partition coefficient (Wildman–Crippen LogP) is 3.09. The van der Waals surface area contributed by atoms with E-state index in [9.17, 15) is 0 Å². The molecule has 2 rings (SSSR count). The maximum Gasteiger partial charge on any atom is 0.171 e. The van der Waals surface area contributed by atoms with Crippen LogP contribution in [0.3, 0.4) is 0 Å². The Morgan fingerprint density at radius 1 is 1.28 bits per heavy atom. The van der Waals surface area contributed by atoms with Gasteiger partial charge < -0.3 is 10.9 Å². The average molecular weight is 324 g/mol. The average Bonchev–Trinajstić information content (AvgIpc) is 2.41. The Morgan fingerprint density at radius 3 is 2.78 bits per heavy atom. The van der Waals surface area contributed by atoms with Crippen molar-refractivity contribution in [2.24, 2.45) is 10.9 Å². The number of nitrogens with two attached hydrogens (primary N) is 1. The van der Waals surface area contributed by atoms with Crippen LogP contribution in [0.4, 0.5) is 0 Å². The van der Waals surface area contributed by atoms with Gasteiger partial charge in [-0.25, -0.2) is 4.98 Å². The molecule has 0 aliphatic rings. The van der Waals surface area contributed by atoms with Crippen molar-refractivity contribution in [1.29, 1.82) is 0 Å². The molecule has 0 saturated carbocycles. The molecule has 1 heterocycles. The molecule has 0 radical (unpaired) electrons. The lowest BCUT2D eigenvalue weighted by Crippen LogP contribution is -2.14. The summed E-state index contributed by atoms with van der Waals surface area (Å²) in [6.07, 6.45) is 1.72. The standard InChI is InChI=1S/C12H10BrN3OS/c13-9-5-3-7-15-12(9)18-10-6-2-1-4-8(10)11(14)16-17/h1-7,17H,(H2,14,16). The molecule has 0 spiro atoms. The van der Waals surface area contributed by atoms with Crippen LogP contribution in [0.15, 0.2) is 62.1 Å². The van der Waals surface area contributed by atoms with Crippen LogP contribution in [-0.2, 0) is 0 Å². The van der Waals surface area contributed by atoms with Gasteiger partial charge >= 0.3 is 0 Å². The SMILES string of the molecule is NC(=NO)c1ccccc1Sc1ncccc1Br. The number of aromatic nitrogens is 1. The molecule has 6 heteroatoms. The Balaban J connectivity index is 2.38. The number of hydrogen-bond acceptors (Lipinski definition) is 4. The van der Waals surface area contributed by atoms with E-state index in [1.807, 2.05) is 30.3 Å². The molecule has 0 fully saturated rings. The summed E-state index contributed by atoms with van der Waals surface area (Å²) in [7, 11) is 0. The third-order valence-corrected chi connectivity index (χ3v) is 4.20. The smallest absolute Gasteiger partial charge is 0.171 e. The predicted molar refractivity (Wildman–Crippen MR) is 75.0 cm³/mol. The quantitative estimate of drug-likeness (QED) is 0.394. The summed E-state index contributed by atoms with van der Waals surface area (Å²) in [6.45, 7) is 0. The summed E-state index contributed by atoms with van der Waals surface area (Å²) in [6, 6.07) is 11.2. The highest BCUT2D eigenvalue weighted by molar-refractivity contribution is 9.10. The van der Waals surface area contributed by atoms with Crippen LogP contribution in [0, 0.1) is 0 Å². The highest BCUT2D eigenvalue weighted by Gasteiger charge is 2.10. The first-order chi connectivity index (χ1) is 8.72.